The predicted molar refractivity (Wildman–Crippen MR) is 78.2 cm³/mol. The molecule has 2 aromatic rings. The molecular weight excluding hydrogens is 298 g/mol. The lowest BCUT2D eigenvalue weighted by Crippen LogP contribution is -2.22. The first kappa shape index (κ1) is 14.8. The van der Waals surface area contributed by atoms with Crippen molar-refractivity contribution in [3.63, 3.8) is 0 Å². The minimum Gasteiger partial charge on any atom is -0.356 e. The summed E-state index contributed by atoms with van der Waals surface area (Å²) in [7, 11) is 0. The molecule has 0 bridgehead atoms. The Kier molecular flexibility index (Phi) is 5.37. The highest BCUT2D eigenvalue weighted by Gasteiger charge is 2.09. The van der Waals surface area contributed by atoms with Crippen LogP contribution in [0.4, 0.5) is 0 Å². The van der Waals surface area contributed by atoms with E-state index in [0.717, 1.165) is 5.69 Å². The summed E-state index contributed by atoms with van der Waals surface area (Å²) in [5, 5.41) is 15.6. The number of benzene rings is 1. The van der Waals surface area contributed by atoms with Crippen LogP contribution in [0.3, 0.4) is 0 Å². The fourth-order valence-corrected chi connectivity index (χ4v) is 2.49. The molecule has 1 heterocycles. The lowest BCUT2D eigenvalue weighted by molar-refractivity contribution is -0.120. The number of tetrazole rings is 1. The van der Waals surface area contributed by atoms with Crippen molar-refractivity contribution in [1.29, 1.82) is 0 Å². The van der Waals surface area contributed by atoms with Crippen molar-refractivity contribution in [2.45, 2.75) is 18.5 Å². The van der Waals surface area contributed by atoms with Gasteiger partial charge >= 0.3 is 0 Å². The minimum atomic E-state index is 0.0329. The van der Waals surface area contributed by atoms with Gasteiger partial charge in [0.05, 0.1) is 5.69 Å². The number of hydrogen-bond acceptors (Lipinski definition) is 5. The van der Waals surface area contributed by atoms with Crippen LogP contribution in [0.5, 0.6) is 0 Å². The number of aromatic nitrogens is 4. The van der Waals surface area contributed by atoms with Crippen LogP contribution >= 0.6 is 23.4 Å². The molecule has 1 N–H and O–H groups in total. The fourth-order valence-electron chi connectivity index (χ4n) is 1.53. The largest absolute Gasteiger partial charge is 0.356 e. The SMILES string of the molecule is CCNC(=O)CCSc1nnnn1-c1ccc(Cl)cc1. The van der Waals surface area contributed by atoms with E-state index in [1.807, 2.05) is 19.1 Å². The Morgan fingerprint density at radius 2 is 2.15 bits per heavy atom. The molecule has 1 aromatic heterocycles. The molecule has 1 aromatic carbocycles. The van der Waals surface area contributed by atoms with E-state index < -0.39 is 0 Å². The number of hydrogen-bond donors (Lipinski definition) is 1. The Hall–Kier alpha value is -1.60. The second kappa shape index (κ2) is 7.25. The normalized spacial score (nSPS) is 10.5. The molecule has 0 aliphatic rings. The predicted octanol–water partition coefficient (Wildman–Crippen LogP) is 1.93. The van der Waals surface area contributed by atoms with Crippen LogP contribution in [-0.2, 0) is 4.79 Å². The van der Waals surface area contributed by atoms with Gasteiger partial charge in [-0.05, 0) is 41.6 Å². The van der Waals surface area contributed by atoms with Crippen molar-refractivity contribution in [2.75, 3.05) is 12.3 Å². The van der Waals surface area contributed by atoms with Gasteiger partial charge in [0.25, 0.3) is 0 Å². The number of thioether (sulfide) groups is 1. The van der Waals surface area contributed by atoms with E-state index >= 15 is 0 Å². The van der Waals surface area contributed by atoms with Crippen molar-refractivity contribution in [2.24, 2.45) is 0 Å². The van der Waals surface area contributed by atoms with Crippen molar-refractivity contribution < 1.29 is 4.79 Å². The number of nitrogens with one attached hydrogen (secondary N) is 1. The molecule has 0 saturated carbocycles. The molecule has 8 heteroatoms. The third-order valence-electron chi connectivity index (χ3n) is 2.45. The van der Waals surface area contributed by atoms with Crippen LogP contribution < -0.4 is 5.32 Å². The monoisotopic (exact) mass is 311 g/mol. The van der Waals surface area contributed by atoms with Crippen molar-refractivity contribution in [3.8, 4) is 5.69 Å². The van der Waals surface area contributed by atoms with Crippen LogP contribution in [0.1, 0.15) is 13.3 Å². The third kappa shape index (κ3) is 3.94. The molecule has 0 radical (unpaired) electrons. The molecule has 0 unspecified atom stereocenters. The Morgan fingerprint density at radius 3 is 2.85 bits per heavy atom. The van der Waals surface area contributed by atoms with E-state index in [1.165, 1.54) is 11.8 Å². The summed E-state index contributed by atoms with van der Waals surface area (Å²) in [6.07, 6.45) is 0.436. The first-order valence-electron chi connectivity index (χ1n) is 6.14. The molecule has 2 rings (SSSR count). The van der Waals surface area contributed by atoms with Gasteiger partial charge in [0.1, 0.15) is 0 Å². The molecule has 0 atom stereocenters. The van der Waals surface area contributed by atoms with Crippen molar-refractivity contribution in [3.05, 3.63) is 29.3 Å². The smallest absolute Gasteiger partial charge is 0.220 e. The highest BCUT2D eigenvalue weighted by molar-refractivity contribution is 7.99. The van der Waals surface area contributed by atoms with Crippen LogP contribution in [0.25, 0.3) is 5.69 Å². The maximum Gasteiger partial charge on any atom is 0.220 e. The zero-order valence-electron chi connectivity index (χ0n) is 10.9. The number of carbonyl (C=O) groups excluding carboxylic acids is 1. The standard InChI is InChI=1S/C12H14ClN5OS/c1-2-14-11(19)7-8-20-12-15-16-17-18(12)10-5-3-9(13)4-6-10/h3-6H,2,7-8H2,1H3,(H,14,19). The summed E-state index contributed by atoms with van der Waals surface area (Å²) in [5.41, 5.74) is 0.833. The summed E-state index contributed by atoms with van der Waals surface area (Å²) in [5.74, 6) is 0.658. The molecule has 0 aliphatic heterocycles. The molecule has 0 aliphatic carbocycles. The van der Waals surface area contributed by atoms with Gasteiger partial charge in [-0.15, -0.1) is 5.10 Å². The highest BCUT2D eigenvalue weighted by atomic mass is 35.5. The van der Waals surface area contributed by atoms with E-state index in [1.54, 1.807) is 16.8 Å². The van der Waals surface area contributed by atoms with Gasteiger partial charge in [-0.3, -0.25) is 4.79 Å². The van der Waals surface area contributed by atoms with Crippen LogP contribution in [0, 0.1) is 0 Å². The fraction of sp³-hybridized carbons (Fsp3) is 0.333. The molecule has 0 spiro atoms. The van der Waals surface area contributed by atoms with E-state index in [-0.39, 0.29) is 5.91 Å². The maximum absolute atomic E-state index is 11.4. The third-order valence-corrected chi connectivity index (χ3v) is 3.62. The van der Waals surface area contributed by atoms with Crippen LogP contribution in [0.15, 0.2) is 29.4 Å². The summed E-state index contributed by atoms with van der Waals surface area (Å²) in [6, 6.07) is 7.24. The van der Waals surface area contributed by atoms with Gasteiger partial charge in [0.15, 0.2) is 0 Å². The summed E-state index contributed by atoms with van der Waals surface area (Å²) in [4.78, 5) is 11.4. The lowest BCUT2D eigenvalue weighted by Gasteiger charge is -2.04. The Morgan fingerprint density at radius 1 is 1.40 bits per heavy atom. The van der Waals surface area contributed by atoms with E-state index in [9.17, 15) is 4.79 Å². The average molecular weight is 312 g/mol. The van der Waals surface area contributed by atoms with Crippen LogP contribution in [-0.4, -0.2) is 38.4 Å². The lowest BCUT2D eigenvalue weighted by atomic mass is 10.3. The van der Waals surface area contributed by atoms with Gasteiger partial charge in [0, 0.05) is 23.7 Å². The number of amides is 1. The number of rotatable bonds is 6. The van der Waals surface area contributed by atoms with Crippen LogP contribution in [0.2, 0.25) is 5.02 Å². The van der Waals surface area contributed by atoms with E-state index in [4.69, 9.17) is 11.6 Å². The Balaban J connectivity index is 1.98. The van der Waals surface area contributed by atoms with E-state index in [0.29, 0.717) is 28.9 Å². The molecule has 106 valence electrons. The summed E-state index contributed by atoms with van der Waals surface area (Å²) < 4.78 is 1.62. The van der Waals surface area contributed by atoms with Gasteiger partial charge in [0.2, 0.25) is 11.1 Å². The maximum atomic E-state index is 11.4. The summed E-state index contributed by atoms with van der Waals surface area (Å²) in [6.45, 7) is 2.54. The van der Waals surface area contributed by atoms with E-state index in [2.05, 4.69) is 20.8 Å². The molecular formula is C12H14ClN5OS. The molecule has 6 nitrogen and oxygen atoms in total. The first-order chi connectivity index (χ1) is 9.70. The molecule has 0 saturated heterocycles. The summed E-state index contributed by atoms with van der Waals surface area (Å²) >= 11 is 7.29. The second-order valence-electron chi connectivity index (χ2n) is 3.90. The number of nitrogens with zero attached hydrogens (tertiary/aromatic N) is 4. The van der Waals surface area contributed by atoms with Crippen molar-refractivity contribution in [1.82, 2.24) is 25.5 Å². The number of carbonyl (C=O) groups is 1. The zero-order chi connectivity index (χ0) is 14.4. The van der Waals surface area contributed by atoms with Gasteiger partial charge < -0.3 is 5.32 Å². The Bertz CT molecular complexity index is 571. The zero-order valence-corrected chi connectivity index (χ0v) is 12.5. The van der Waals surface area contributed by atoms with Gasteiger partial charge in [-0.2, -0.15) is 4.68 Å². The second-order valence-corrected chi connectivity index (χ2v) is 5.40. The van der Waals surface area contributed by atoms with Gasteiger partial charge in [-0.1, -0.05) is 23.4 Å². The molecule has 20 heavy (non-hydrogen) atoms. The molecule has 0 fully saturated rings. The quantitative estimate of drug-likeness (QED) is 0.825. The first-order valence-corrected chi connectivity index (χ1v) is 7.51. The topological polar surface area (TPSA) is 72.7 Å². The number of halogens is 1. The Labute approximate surface area is 125 Å². The molecule has 1 amide bonds. The highest BCUT2D eigenvalue weighted by Crippen LogP contribution is 2.20. The van der Waals surface area contributed by atoms with Crippen molar-refractivity contribution >= 4 is 29.3 Å². The average Bonchev–Trinajstić information content (AvgIpc) is 2.88. The van der Waals surface area contributed by atoms with Gasteiger partial charge in [-0.25, -0.2) is 0 Å². The minimum absolute atomic E-state index is 0.0329.